The van der Waals surface area contributed by atoms with Crippen LogP contribution >= 0.6 is 0 Å². The molecule has 170 valence electrons. The molecule has 1 unspecified atom stereocenters. The molecule has 7 nitrogen and oxygen atoms in total. The summed E-state index contributed by atoms with van der Waals surface area (Å²) in [5.41, 5.74) is 1.89. The Labute approximate surface area is 185 Å². The number of ether oxygens (including phenoxy) is 2. The molecule has 1 atom stereocenters. The summed E-state index contributed by atoms with van der Waals surface area (Å²) in [4.78, 5) is 27.7. The third kappa shape index (κ3) is 6.00. The van der Waals surface area contributed by atoms with E-state index in [9.17, 15) is 9.59 Å². The first-order valence-electron chi connectivity index (χ1n) is 11.3. The lowest BCUT2D eigenvalue weighted by molar-refractivity contribution is -0.139. The Bertz CT molecular complexity index is 798. The maximum absolute atomic E-state index is 13.0. The highest BCUT2D eigenvalue weighted by molar-refractivity contribution is 5.95. The van der Waals surface area contributed by atoms with E-state index >= 15 is 0 Å². The minimum atomic E-state index is -0.573. The molecule has 2 amide bonds. The first-order valence-corrected chi connectivity index (χ1v) is 11.3. The van der Waals surface area contributed by atoms with Gasteiger partial charge in [-0.3, -0.25) is 4.90 Å². The molecule has 0 radical (unpaired) electrons. The minimum Gasteiger partial charge on any atom is -0.491 e. The van der Waals surface area contributed by atoms with E-state index in [1.807, 2.05) is 38.1 Å². The van der Waals surface area contributed by atoms with Crippen LogP contribution in [0.2, 0.25) is 0 Å². The van der Waals surface area contributed by atoms with Gasteiger partial charge in [0.25, 0.3) is 0 Å². The van der Waals surface area contributed by atoms with Gasteiger partial charge in [-0.15, -0.1) is 0 Å². The number of likely N-dealkylation sites (N-methyl/N-ethyl adjacent to an activating group) is 1. The van der Waals surface area contributed by atoms with E-state index in [1.54, 1.807) is 6.92 Å². The predicted molar refractivity (Wildman–Crippen MR) is 120 cm³/mol. The lowest BCUT2D eigenvalue weighted by Gasteiger charge is -2.35. The SMILES string of the molecule is CCOC(=O)C1=C(CN(C)C2CCCCC2)NC(=O)NC1c1ccc(OC(C)C)cc1. The molecule has 1 saturated carbocycles. The van der Waals surface area contributed by atoms with Gasteiger partial charge in [-0.05, 0) is 58.4 Å². The second-order valence-electron chi connectivity index (χ2n) is 8.59. The third-order valence-corrected chi connectivity index (χ3v) is 5.84. The number of rotatable bonds is 8. The van der Waals surface area contributed by atoms with Crippen molar-refractivity contribution in [1.82, 2.24) is 15.5 Å². The van der Waals surface area contributed by atoms with Gasteiger partial charge in [0.2, 0.25) is 0 Å². The zero-order chi connectivity index (χ0) is 22.4. The number of esters is 1. The van der Waals surface area contributed by atoms with Crippen LogP contribution in [0.1, 0.15) is 64.5 Å². The minimum absolute atomic E-state index is 0.0707. The summed E-state index contributed by atoms with van der Waals surface area (Å²) in [5.74, 6) is 0.340. The Morgan fingerprint density at radius 3 is 2.45 bits per heavy atom. The van der Waals surface area contributed by atoms with Gasteiger partial charge in [-0.1, -0.05) is 31.4 Å². The fourth-order valence-electron chi connectivity index (χ4n) is 4.35. The zero-order valence-corrected chi connectivity index (χ0v) is 19.1. The number of nitrogens with zero attached hydrogens (tertiary/aromatic N) is 1. The van der Waals surface area contributed by atoms with Gasteiger partial charge in [0.15, 0.2) is 0 Å². The smallest absolute Gasteiger partial charge is 0.338 e. The second-order valence-corrected chi connectivity index (χ2v) is 8.59. The molecule has 31 heavy (non-hydrogen) atoms. The number of carbonyl (C=O) groups is 2. The van der Waals surface area contributed by atoms with Crippen LogP contribution in [0, 0.1) is 0 Å². The average molecular weight is 430 g/mol. The van der Waals surface area contributed by atoms with Gasteiger partial charge in [-0.25, -0.2) is 9.59 Å². The molecule has 3 rings (SSSR count). The summed E-state index contributed by atoms with van der Waals surface area (Å²) in [6.45, 7) is 6.50. The Hall–Kier alpha value is -2.54. The van der Waals surface area contributed by atoms with Crippen LogP contribution in [0.3, 0.4) is 0 Å². The van der Waals surface area contributed by atoms with E-state index in [1.165, 1.54) is 19.3 Å². The van der Waals surface area contributed by atoms with Crippen LogP contribution < -0.4 is 15.4 Å². The van der Waals surface area contributed by atoms with Crippen molar-refractivity contribution in [2.45, 2.75) is 71.1 Å². The maximum atomic E-state index is 13.0. The second kappa shape index (κ2) is 10.7. The molecule has 0 bridgehead atoms. The summed E-state index contributed by atoms with van der Waals surface area (Å²) < 4.78 is 11.1. The Morgan fingerprint density at radius 2 is 1.84 bits per heavy atom. The fourth-order valence-corrected chi connectivity index (χ4v) is 4.35. The number of urea groups is 1. The van der Waals surface area contributed by atoms with Crippen molar-refractivity contribution in [2.24, 2.45) is 0 Å². The number of benzene rings is 1. The molecule has 1 aromatic carbocycles. The van der Waals surface area contributed by atoms with Gasteiger partial charge >= 0.3 is 12.0 Å². The molecule has 1 aliphatic carbocycles. The van der Waals surface area contributed by atoms with Gasteiger partial charge in [0, 0.05) is 18.3 Å². The molecule has 1 aromatic rings. The van der Waals surface area contributed by atoms with Crippen LogP contribution in [0.15, 0.2) is 35.5 Å². The van der Waals surface area contributed by atoms with Crippen molar-refractivity contribution >= 4 is 12.0 Å². The van der Waals surface area contributed by atoms with E-state index in [4.69, 9.17) is 9.47 Å². The van der Waals surface area contributed by atoms with Crippen molar-refractivity contribution in [3.63, 3.8) is 0 Å². The average Bonchev–Trinajstić information content (AvgIpc) is 2.74. The number of carbonyl (C=O) groups excluding carboxylic acids is 2. The summed E-state index contributed by atoms with van der Waals surface area (Å²) in [6, 6.07) is 7.07. The van der Waals surface area contributed by atoms with Crippen LogP contribution in [-0.2, 0) is 9.53 Å². The highest BCUT2D eigenvalue weighted by atomic mass is 16.5. The molecular formula is C24H35N3O4. The molecule has 1 aliphatic heterocycles. The first kappa shape index (κ1) is 23.1. The molecule has 0 aromatic heterocycles. The molecule has 7 heteroatoms. The van der Waals surface area contributed by atoms with Gasteiger partial charge in [-0.2, -0.15) is 0 Å². The number of amides is 2. The zero-order valence-electron chi connectivity index (χ0n) is 19.1. The van der Waals surface area contributed by atoms with Crippen molar-refractivity contribution < 1.29 is 19.1 Å². The van der Waals surface area contributed by atoms with Crippen molar-refractivity contribution in [3.8, 4) is 5.75 Å². The van der Waals surface area contributed by atoms with E-state index < -0.39 is 12.0 Å². The van der Waals surface area contributed by atoms with Crippen molar-refractivity contribution in [2.75, 3.05) is 20.2 Å². The number of hydrogen-bond donors (Lipinski definition) is 2. The highest BCUT2D eigenvalue weighted by Gasteiger charge is 2.34. The summed E-state index contributed by atoms with van der Waals surface area (Å²) >= 11 is 0. The summed E-state index contributed by atoms with van der Waals surface area (Å²) in [5, 5.41) is 5.77. The standard InChI is InChI=1S/C24H35N3O4/c1-5-30-23(28)21-20(15-27(4)18-9-7-6-8-10-18)25-24(29)26-22(21)17-11-13-19(14-12-17)31-16(2)3/h11-14,16,18,22H,5-10,15H2,1-4H3,(H2,25,26,29). The van der Waals surface area contributed by atoms with Gasteiger partial charge < -0.3 is 20.1 Å². The van der Waals surface area contributed by atoms with Crippen LogP contribution in [0.4, 0.5) is 4.79 Å². The monoisotopic (exact) mass is 429 g/mol. The van der Waals surface area contributed by atoms with E-state index in [0.717, 1.165) is 24.2 Å². The first-order chi connectivity index (χ1) is 14.9. The van der Waals surface area contributed by atoms with E-state index in [-0.39, 0.29) is 18.7 Å². The summed E-state index contributed by atoms with van der Waals surface area (Å²) in [7, 11) is 2.06. The molecular weight excluding hydrogens is 394 g/mol. The van der Waals surface area contributed by atoms with E-state index in [0.29, 0.717) is 23.9 Å². The topological polar surface area (TPSA) is 79.9 Å². The van der Waals surface area contributed by atoms with Crippen LogP contribution in [0.25, 0.3) is 0 Å². The van der Waals surface area contributed by atoms with Crippen LogP contribution in [-0.4, -0.2) is 49.2 Å². The predicted octanol–water partition coefficient (Wildman–Crippen LogP) is 3.91. The fraction of sp³-hybridized carbons (Fsp3) is 0.583. The largest absolute Gasteiger partial charge is 0.491 e. The molecule has 1 fully saturated rings. The molecule has 1 heterocycles. The van der Waals surface area contributed by atoms with E-state index in [2.05, 4.69) is 22.6 Å². The lowest BCUT2D eigenvalue weighted by atomic mass is 9.92. The lowest BCUT2D eigenvalue weighted by Crippen LogP contribution is -2.49. The highest BCUT2D eigenvalue weighted by Crippen LogP contribution is 2.30. The Kier molecular flexibility index (Phi) is 7.96. The molecule has 2 N–H and O–H groups in total. The van der Waals surface area contributed by atoms with Gasteiger partial charge in [0.1, 0.15) is 5.75 Å². The molecule has 0 spiro atoms. The normalized spacial score (nSPS) is 19.9. The number of hydrogen-bond acceptors (Lipinski definition) is 5. The van der Waals surface area contributed by atoms with Gasteiger partial charge in [0.05, 0.1) is 24.3 Å². The maximum Gasteiger partial charge on any atom is 0.338 e. The number of nitrogens with one attached hydrogen (secondary N) is 2. The molecule has 2 aliphatic rings. The molecule has 0 saturated heterocycles. The quantitative estimate of drug-likeness (QED) is 0.613. The summed E-state index contributed by atoms with van der Waals surface area (Å²) in [6.07, 6.45) is 6.08. The van der Waals surface area contributed by atoms with Crippen LogP contribution in [0.5, 0.6) is 5.75 Å². The Morgan fingerprint density at radius 1 is 1.16 bits per heavy atom. The van der Waals surface area contributed by atoms with Crippen molar-refractivity contribution in [3.05, 3.63) is 41.1 Å². The van der Waals surface area contributed by atoms with Crippen molar-refractivity contribution in [1.29, 1.82) is 0 Å². The third-order valence-electron chi connectivity index (χ3n) is 5.84. The Balaban J connectivity index is 1.91.